The van der Waals surface area contributed by atoms with E-state index in [1.807, 2.05) is 54.6 Å². The third-order valence-electron chi connectivity index (χ3n) is 6.90. The van der Waals surface area contributed by atoms with Crippen molar-refractivity contribution in [2.45, 2.75) is 32.6 Å². The van der Waals surface area contributed by atoms with Gasteiger partial charge in [-0.2, -0.15) is 5.10 Å². The topological polar surface area (TPSA) is 76.4 Å². The molecule has 4 rings (SSSR count). The standard InChI is InChI=1S/C26H31N3O3/c1-19(13-16-30)26(14-8-15-26)18-27-25(31)22-17-29(20-9-4-3-5-10-20)28-24(22)21-11-6-7-12-23(21)32-2/h3-7,9-12,17,19,30H,8,13-16,18H2,1-2H3,(H,27,31)/t19-/m1/s1. The number of rotatable bonds is 9. The lowest BCUT2D eigenvalue weighted by molar-refractivity contribution is 0.0411. The van der Waals surface area contributed by atoms with Crippen LogP contribution in [0, 0.1) is 11.3 Å². The summed E-state index contributed by atoms with van der Waals surface area (Å²) in [4.78, 5) is 13.4. The summed E-state index contributed by atoms with van der Waals surface area (Å²) in [5, 5.41) is 17.3. The number of hydrogen-bond donors (Lipinski definition) is 2. The van der Waals surface area contributed by atoms with Crippen LogP contribution in [0.25, 0.3) is 16.9 Å². The molecule has 0 aliphatic heterocycles. The number of aliphatic hydroxyl groups excluding tert-OH is 1. The first-order valence-corrected chi connectivity index (χ1v) is 11.3. The smallest absolute Gasteiger partial charge is 0.255 e. The molecule has 1 heterocycles. The molecule has 0 radical (unpaired) electrons. The molecule has 6 nitrogen and oxygen atoms in total. The second kappa shape index (κ2) is 9.57. The molecule has 1 saturated carbocycles. The van der Waals surface area contributed by atoms with Gasteiger partial charge in [-0.05, 0) is 54.9 Å². The lowest BCUT2D eigenvalue weighted by Gasteiger charge is -2.47. The van der Waals surface area contributed by atoms with E-state index >= 15 is 0 Å². The highest BCUT2D eigenvalue weighted by Gasteiger charge is 2.41. The van der Waals surface area contributed by atoms with Crippen molar-refractivity contribution in [3.05, 3.63) is 66.4 Å². The fourth-order valence-electron chi connectivity index (χ4n) is 4.62. The van der Waals surface area contributed by atoms with E-state index in [1.54, 1.807) is 18.0 Å². The van der Waals surface area contributed by atoms with E-state index in [0.717, 1.165) is 30.5 Å². The molecule has 1 aliphatic carbocycles. The number of methoxy groups -OCH3 is 1. The zero-order chi connectivity index (χ0) is 22.6. The Kier molecular flexibility index (Phi) is 6.61. The second-order valence-electron chi connectivity index (χ2n) is 8.68. The van der Waals surface area contributed by atoms with Gasteiger partial charge < -0.3 is 15.2 Å². The predicted octanol–water partition coefficient (Wildman–Crippen LogP) is 4.47. The second-order valence-corrected chi connectivity index (χ2v) is 8.68. The maximum Gasteiger partial charge on any atom is 0.255 e. The molecule has 2 N–H and O–H groups in total. The predicted molar refractivity (Wildman–Crippen MR) is 125 cm³/mol. The van der Waals surface area contributed by atoms with Crippen LogP contribution >= 0.6 is 0 Å². The van der Waals surface area contributed by atoms with Crippen LogP contribution in [0.5, 0.6) is 5.75 Å². The Morgan fingerprint density at radius 2 is 1.91 bits per heavy atom. The maximum absolute atomic E-state index is 13.4. The molecular formula is C26H31N3O3. The Balaban J connectivity index is 1.66. The first-order valence-electron chi connectivity index (χ1n) is 11.3. The fraction of sp³-hybridized carbons (Fsp3) is 0.385. The Morgan fingerprint density at radius 1 is 1.19 bits per heavy atom. The number of nitrogens with zero attached hydrogens (tertiary/aromatic N) is 2. The van der Waals surface area contributed by atoms with Crippen LogP contribution in [0.3, 0.4) is 0 Å². The van der Waals surface area contributed by atoms with Gasteiger partial charge in [-0.15, -0.1) is 0 Å². The SMILES string of the molecule is COc1ccccc1-c1nn(-c2ccccc2)cc1C(=O)NCC1([C@H](C)CCO)CCC1. The summed E-state index contributed by atoms with van der Waals surface area (Å²) in [6, 6.07) is 17.4. The van der Waals surface area contributed by atoms with E-state index in [1.165, 1.54) is 6.42 Å². The number of aliphatic hydroxyl groups is 1. The van der Waals surface area contributed by atoms with Gasteiger partial charge in [0.15, 0.2) is 0 Å². The highest BCUT2D eigenvalue weighted by Crippen LogP contribution is 2.47. The molecular weight excluding hydrogens is 402 g/mol. The van der Waals surface area contributed by atoms with Gasteiger partial charge in [0.1, 0.15) is 11.4 Å². The summed E-state index contributed by atoms with van der Waals surface area (Å²) in [6.45, 7) is 2.96. The summed E-state index contributed by atoms with van der Waals surface area (Å²) in [5.74, 6) is 0.893. The number of carbonyl (C=O) groups is 1. The van der Waals surface area contributed by atoms with E-state index in [0.29, 0.717) is 29.5 Å². The van der Waals surface area contributed by atoms with Crippen LogP contribution < -0.4 is 10.1 Å². The number of amides is 1. The minimum atomic E-state index is -0.143. The molecule has 32 heavy (non-hydrogen) atoms. The number of hydrogen-bond acceptors (Lipinski definition) is 4. The van der Waals surface area contributed by atoms with Crippen LogP contribution in [0.1, 0.15) is 43.0 Å². The molecule has 1 aliphatic rings. The van der Waals surface area contributed by atoms with Crippen LogP contribution in [-0.4, -0.2) is 41.1 Å². The lowest BCUT2D eigenvalue weighted by Crippen LogP contribution is -2.46. The zero-order valence-corrected chi connectivity index (χ0v) is 18.8. The van der Waals surface area contributed by atoms with Crippen LogP contribution in [-0.2, 0) is 0 Å². The van der Waals surface area contributed by atoms with Gasteiger partial charge in [0.2, 0.25) is 0 Å². The van der Waals surface area contributed by atoms with E-state index < -0.39 is 0 Å². The van der Waals surface area contributed by atoms with Crippen LogP contribution in [0.2, 0.25) is 0 Å². The van der Waals surface area contributed by atoms with Crippen molar-refractivity contribution in [2.75, 3.05) is 20.3 Å². The Labute approximate surface area is 189 Å². The zero-order valence-electron chi connectivity index (χ0n) is 18.8. The number of carbonyl (C=O) groups excluding carboxylic acids is 1. The number of benzene rings is 2. The van der Waals surface area contributed by atoms with Crippen LogP contribution in [0.15, 0.2) is 60.8 Å². The minimum Gasteiger partial charge on any atom is -0.496 e. The normalized spacial score (nSPS) is 15.6. The lowest BCUT2D eigenvalue weighted by atomic mass is 9.60. The molecule has 168 valence electrons. The van der Waals surface area contributed by atoms with Crippen LogP contribution in [0.4, 0.5) is 0 Å². The summed E-state index contributed by atoms with van der Waals surface area (Å²) in [6.07, 6.45) is 5.88. The van der Waals surface area contributed by atoms with Gasteiger partial charge in [0, 0.05) is 24.9 Å². The Morgan fingerprint density at radius 3 is 2.56 bits per heavy atom. The number of aromatic nitrogens is 2. The maximum atomic E-state index is 13.4. The monoisotopic (exact) mass is 433 g/mol. The molecule has 1 amide bonds. The van der Waals surface area contributed by atoms with Crippen molar-refractivity contribution < 1.29 is 14.6 Å². The van der Waals surface area contributed by atoms with Crippen molar-refractivity contribution in [1.29, 1.82) is 0 Å². The summed E-state index contributed by atoms with van der Waals surface area (Å²) in [7, 11) is 1.62. The van der Waals surface area contributed by atoms with E-state index in [4.69, 9.17) is 9.84 Å². The van der Waals surface area contributed by atoms with Gasteiger partial charge >= 0.3 is 0 Å². The largest absolute Gasteiger partial charge is 0.496 e. The summed E-state index contributed by atoms with van der Waals surface area (Å²) in [5.41, 5.74) is 2.84. The van der Waals surface area contributed by atoms with Crippen molar-refractivity contribution in [3.63, 3.8) is 0 Å². The minimum absolute atomic E-state index is 0.0679. The molecule has 3 aromatic rings. The average molecular weight is 434 g/mol. The van der Waals surface area contributed by atoms with Crippen molar-refractivity contribution in [2.24, 2.45) is 11.3 Å². The first kappa shape index (κ1) is 22.1. The Bertz CT molecular complexity index is 1060. The highest BCUT2D eigenvalue weighted by molar-refractivity contribution is 6.00. The van der Waals surface area contributed by atoms with Crippen molar-refractivity contribution in [3.8, 4) is 22.7 Å². The van der Waals surface area contributed by atoms with Crippen molar-refractivity contribution in [1.82, 2.24) is 15.1 Å². The highest BCUT2D eigenvalue weighted by atomic mass is 16.5. The van der Waals surface area contributed by atoms with Gasteiger partial charge in [-0.25, -0.2) is 4.68 Å². The molecule has 1 aromatic heterocycles. The van der Waals surface area contributed by atoms with E-state index in [9.17, 15) is 9.90 Å². The van der Waals surface area contributed by atoms with Gasteiger partial charge in [-0.1, -0.05) is 43.7 Å². The third kappa shape index (κ3) is 4.28. The molecule has 2 aromatic carbocycles. The molecule has 0 unspecified atom stereocenters. The molecule has 1 atom stereocenters. The van der Waals surface area contributed by atoms with Gasteiger partial charge in [0.05, 0.1) is 18.4 Å². The molecule has 0 saturated heterocycles. The first-order chi connectivity index (χ1) is 15.6. The molecule has 1 fully saturated rings. The fourth-order valence-corrected chi connectivity index (χ4v) is 4.62. The van der Waals surface area contributed by atoms with E-state index in [-0.39, 0.29) is 17.9 Å². The molecule has 0 bridgehead atoms. The van der Waals surface area contributed by atoms with Gasteiger partial charge in [0.25, 0.3) is 5.91 Å². The van der Waals surface area contributed by atoms with E-state index in [2.05, 4.69) is 12.2 Å². The molecule has 6 heteroatoms. The van der Waals surface area contributed by atoms with Crippen molar-refractivity contribution >= 4 is 5.91 Å². The molecule has 0 spiro atoms. The summed E-state index contributed by atoms with van der Waals surface area (Å²) < 4.78 is 7.28. The summed E-state index contributed by atoms with van der Waals surface area (Å²) >= 11 is 0. The third-order valence-corrected chi connectivity index (χ3v) is 6.90. The number of ether oxygens (including phenoxy) is 1. The van der Waals surface area contributed by atoms with Gasteiger partial charge in [-0.3, -0.25) is 4.79 Å². The number of para-hydroxylation sites is 2. The Hall–Kier alpha value is -3.12. The number of nitrogens with one attached hydrogen (secondary N) is 1. The average Bonchev–Trinajstić information content (AvgIpc) is 3.24. The quantitative estimate of drug-likeness (QED) is 0.522.